The van der Waals surface area contributed by atoms with Gasteiger partial charge < -0.3 is 24.8 Å². The van der Waals surface area contributed by atoms with E-state index in [2.05, 4.69) is 10.6 Å². The largest absolute Gasteiger partial charge is 0.446 e. The SMILES string of the molecule is CN(C(=O)OC1CCCCC1)[C@@](C)(C(=O)N1CCCC1)c1ccc2c(c1)nc(CNc1ccc(C(=N)NC(=O)c3ccccc3)cc1)n2C. The summed E-state index contributed by atoms with van der Waals surface area (Å²) in [4.78, 5) is 48.4. The van der Waals surface area contributed by atoms with E-state index in [0.29, 0.717) is 36.3 Å². The zero-order chi connectivity index (χ0) is 34.5. The first kappa shape index (κ1) is 33.7. The zero-order valence-electron chi connectivity index (χ0n) is 28.5. The third kappa shape index (κ3) is 7.16. The molecule has 2 heterocycles. The van der Waals surface area contributed by atoms with Crippen molar-refractivity contribution < 1.29 is 19.1 Å². The summed E-state index contributed by atoms with van der Waals surface area (Å²) >= 11 is 0. The van der Waals surface area contributed by atoms with Crippen LogP contribution >= 0.6 is 0 Å². The van der Waals surface area contributed by atoms with Gasteiger partial charge in [0.25, 0.3) is 11.8 Å². The molecule has 11 heteroatoms. The highest BCUT2D eigenvalue weighted by atomic mass is 16.6. The number of aromatic nitrogens is 2. The van der Waals surface area contributed by atoms with Gasteiger partial charge in [-0.15, -0.1) is 0 Å². The fourth-order valence-electron chi connectivity index (χ4n) is 6.77. The van der Waals surface area contributed by atoms with Gasteiger partial charge in [-0.25, -0.2) is 9.78 Å². The van der Waals surface area contributed by atoms with Crippen LogP contribution in [0.3, 0.4) is 0 Å². The third-order valence-corrected chi connectivity index (χ3v) is 10.0. The van der Waals surface area contributed by atoms with Crippen LogP contribution in [0.2, 0.25) is 0 Å². The molecular weight excluding hydrogens is 618 g/mol. The first-order chi connectivity index (χ1) is 23.6. The molecule has 1 aliphatic heterocycles. The molecule has 11 nitrogen and oxygen atoms in total. The Morgan fingerprint density at radius 2 is 1.63 bits per heavy atom. The van der Waals surface area contributed by atoms with Crippen LogP contribution in [0.25, 0.3) is 11.0 Å². The van der Waals surface area contributed by atoms with Gasteiger partial charge in [-0.05, 0) is 99.5 Å². The number of nitrogens with one attached hydrogen (secondary N) is 3. The third-order valence-electron chi connectivity index (χ3n) is 10.0. The smallest absolute Gasteiger partial charge is 0.410 e. The Labute approximate surface area is 287 Å². The average Bonchev–Trinajstić information content (AvgIpc) is 3.78. The molecule has 3 amide bonds. The predicted octanol–water partition coefficient (Wildman–Crippen LogP) is 6.18. The minimum atomic E-state index is -1.27. The molecule has 1 atom stereocenters. The highest BCUT2D eigenvalue weighted by Gasteiger charge is 2.46. The number of anilines is 1. The van der Waals surface area contributed by atoms with Crippen molar-refractivity contribution in [3.05, 3.63) is 95.3 Å². The lowest BCUT2D eigenvalue weighted by Crippen LogP contribution is -2.56. The van der Waals surface area contributed by atoms with Crippen molar-refractivity contribution in [2.75, 3.05) is 25.5 Å². The van der Waals surface area contributed by atoms with Gasteiger partial charge >= 0.3 is 6.09 Å². The molecule has 2 aliphatic rings. The number of imidazole rings is 1. The molecule has 0 radical (unpaired) electrons. The van der Waals surface area contributed by atoms with Crippen LogP contribution in [0.5, 0.6) is 0 Å². The van der Waals surface area contributed by atoms with E-state index in [4.69, 9.17) is 15.1 Å². The van der Waals surface area contributed by atoms with E-state index >= 15 is 0 Å². The number of amides is 3. The topological polar surface area (TPSA) is 133 Å². The molecule has 6 rings (SSSR count). The van der Waals surface area contributed by atoms with Gasteiger partial charge in [0.1, 0.15) is 23.3 Å². The zero-order valence-corrected chi connectivity index (χ0v) is 28.5. The number of hydrogen-bond donors (Lipinski definition) is 3. The van der Waals surface area contributed by atoms with Crippen LogP contribution < -0.4 is 10.6 Å². The monoisotopic (exact) mass is 663 g/mol. The van der Waals surface area contributed by atoms with E-state index < -0.39 is 11.6 Å². The number of hydrogen-bond acceptors (Lipinski definition) is 7. The van der Waals surface area contributed by atoms with Crippen molar-refractivity contribution in [2.45, 2.75) is 70.1 Å². The summed E-state index contributed by atoms with van der Waals surface area (Å²) in [5, 5.41) is 14.4. The second kappa shape index (κ2) is 14.5. The van der Waals surface area contributed by atoms with E-state index in [9.17, 15) is 14.4 Å². The Morgan fingerprint density at radius 3 is 2.33 bits per heavy atom. The lowest BCUT2D eigenvalue weighted by atomic mass is 9.88. The summed E-state index contributed by atoms with van der Waals surface area (Å²) in [6.45, 7) is 3.59. The fraction of sp³-hybridized carbons (Fsp3) is 0.395. The summed E-state index contributed by atoms with van der Waals surface area (Å²) in [5.41, 5.74) is 2.97. The number of aryl methyl sites for hydroxylation is 1. The molecular formula is C38H45N7O4. The Hall–Kier alpha value is -5.19. The molecule has 3 aromatic carbocycles. The van der Waals surface area contributed by atoms with Crippen LogP contribution in [0.1, 0.15) is 79.2 Å². The Morgan fingerprint density at radius 1 is 0.939 bits per heavy atom. The van der Waals surface area contributed by atoms with Gasteiger partial charge in [0, 0.05) is 44.0 Å². The number of benzene rings is 3. The molecule has 1 saturated carbocycles. The van der Waals surface area contributed by atoms with Gasteiger partial charge in [0.05, 0.1) is 17.6 Å². The summed E-state index contributed by atoms with van der Waals surface area (Å²) in [5.74, 6) is 0.373. The minimum absolute atomic E-state index is 0.0228. The molecule has 4 aromatic rings. The van der Waals surface area contributed by atoms with E-state index in [-0.39, 0.29) is 23.8 Å². The number of carbonyl (C=O) groups excluding carboxylic acids is 3. The molecule has 1 aromatic heterocycles. The number of rotatable bonds is 9. The molecule has 0 spiro atoms. The van der Waals surface area contributed by atoms with Crippen molar-refractivity contribution in [3.8, 4) is 0 Å². The molecule has 0 bridgehead atoms. The molecule has 3 N–H and O–H groups in total. The number of likely N-dealkylation sites (tertiary alicyclic amines) is 1. The summed E-state index contributed by atoms with van der Waals surface area (Å²) in [6, 6.07) is 21.9. The van der Waals surface area contributed by atoms with Crippen LogP contribution in [0, 0.1) is 5.41 Å². The normalized spacial score (nSPS) is 16.2. The standard InChI is InChI=1S/C38H45N7O4/c1-38(36(47)45-22-10-11-23-45,44(3)37(48)49-30-14-8-5-9-15-30)28-18-21-32-31(24-28)41-33(43(32)2)25-40-29-19-16-26(17-20-29)34(39)42-35(46)27-12-6-4-7-13-27/h4,6-7,12-13,16-21,24,30,40H,5,8-11,14-15,22-23,25H2,1-3H3,(H2,39,42,46)/t38-/m1/s1. The number of fused-ring (bicyclic) bond motifs is 1. The van der Waals surface area contributed by atoms with Gasteiger partial charge in [-0.2, -0.15) is 0 Å². The number of likely N-dealkylation sites (N-methyl/N-ethyl adjacent to an activating group) is 1. The predicted molar refractivity (Wildman–Crippen MR) is 190 cm³/mol. The maximum atomic E-state index is 14.2. The van der Waals surface area contributed by atoms with Crippen LogP contribution in [0.15, 0.2) is 72.8 Å². The Balaban J connectivity index is 1.17. The molecule has 1 saturated heterocycles. The maximum absolute atomic E-state index is 14.2. The van der Waals surface area contributed by atoms with E-state index in [1.54, 1.807) is 43.4 Å². The van der Waals surface area contributed by atoms with Crippen molar-refractivity contribution in [1.82, 2.24) is 24.7 Å². The summed E-state index contributed by atoms with van der Waals surface area (Å²) in [7, 11) is 3.62. The quantitative estimate of drug-likeness (QED) is 0.145. The first-order valence-electron chi connectivity index (χ1n) is 17.1. The van der Waals surface area contributed by atoms with E-state index in [1.165, 1.54) is 4.90 Å². The molecule has 1 aliphatic carbocycles. The first-order valence-corrected chi connectivity index (χ1v) is 17.1. The summed E-state index contributed by atoms with van der Waals surface area (Å²) < 4.78 is 7.94. The molecule has 49 heavy (non-hydrogen) atoms. The average molecular weight is 664 g/mol. The molecule has 256 valence electrons. The number of ether oxygens (including phenoxy) is 1. The number of amidine groups is 1. The second-order valence-electron chi connectivity index (χ2n) is 13.2. The lowest BCUT2D eigenvalue weighted by Gasteiger charge is -2.40. The van der Waals surface area contributed by atoms with Crippen LogP contribution in [-0.2, 0) is 28.7 Å². The number of carbonyl (C=O) groups is 3. The van der Waals surface area contributed by atoms with Crippen molar-refractivity contribution in [3.63, 3.8) is 0 Å². The van der Waals surface area contributed by atoms with E-state index in [1.807, 2.05) is 59.8 Å². The number of nitrogens with zero attached hydrogens (tertiary/aromatic N) is 4. The maximum Gasteiger partial charge on any atom is 0.410 e. The van der Waals surface area contributed by atoms with Crippen molar-refractivity contribution >= 4 is 40.5 Å². The Kier molecular flexibility index (Phi) is 9.98. The Bertz CT molecular complexity index is 1830. The van der Waals surface area contributed by atoms with Crippen LogP contribution in [0.4, 0.5) is 10.5 Å². The second-order valence-corrected chi connectivity index (χ2v) is 13.2. The van der Waals surface area contributed by atoms with Crippen molar-refractivity contribution in [1.29, 1.82) is 5.41 Å². The van der Waals surface area contributed by atoms with Gasteiger partial charge in [0.15, 0.2) is 0 Å². The van der Waals surface area contributed by atoms with E-state index in [0.717, 1.165) is 67.5 Å². The summed E-state index contributed by atoms with van der Waals surface area (Å²) in [6.07, 6.45) is 6.26. The highest BCUT2D eigenvalue weighted by molar-refractivity contribution is 6.11. The van der Waals surface area contributed by atoms with Crippen LogP contribution in [-0.4, -0.2) is 69.3 Å². The van der Waals surface area contributed by atoms with Gasteiger partial charge in [-0.3, -0.25) is 19.9 Å². The van der Waals surface area contributed by atoms with Gasteiger partial charge in [-0.1, -0.05) is 30.7 Å². The lowest BCUT2D eigenvalue weighted by molar-refractivity contribution is -0.142. The minimum Gasteiger partial charge on any atom is -0.446 e. The van der Waals surface area contributed by atoms with Gasteiger partial charge in [0.2, 0.25) is 0 Å². The van der Waals surface area contributed by atoms with Crippen molar-refractivity contribution in [2.24, 2.45) is 7.05 Å². The molecule has 0 unspecified atom stereocenters. The molecule has 2 fully saturated rings. The fourth-order valence-corrected chi connectivity index (χ4v) is 6.77. The highest BCUT2D eigenvalue weighted by Crippen LogP contribution is 2.34.